The Morgan fingerprint density at radius 1 is 1.23 bits per heavy atom. The minimum atomic E-state index is 0.961. The number of fused-ring (bicyclic) bond motifs is 3. The van der Waals surface area contributed by atoms with E-state index in [0.717, 1.165) is 17.3 Å². The molecule has 0 aromatic heterocycles. The fraction of sp³-hybridized carbons (Fsp3) is 1.00. The smallest absolute Gasteiger partial charge is 0.0196 e. The lowest BCUT2D eigenvalue weighted by Gasteiger charge is -2.57. The van der Waals surface area contributed by atoms with E-state index in [9.17, 15) is 0 Å². The lowest BCUT2D eigenvalue weighted by molar-refractivity contribution is -0.0970. The topological polar surface area (TPSA) is 0 Å². The van der Waals surface area contributed by atoms with Crippen LogP contribution >= 0.6 is 0 Å². The number of hydrogen-bond donors (Lipinski definition) is 0. The van der Waals surface area contributed by atoms with E-state index in [4.69, 9.17) is 0 Å². The third-order valence-corrected chi connectivity index (χ3v) is 6.24. The summed E-state index contributed by atoms with van der Waals surface area (Å²) in [5.41, 5.74) is 0.961. The standard InChI is InChI=1S/C13H20/c1-3-8-5-10-12-9-4-7(2)11(9)13(10,12)6-8/h7-12H,3-6H2,1-2H3. The van der Waals surface area contributed by atoms with Gasteiger partial charge in [-0.25, -0.2) is 0 Å². The predicted molar refractivity (Wildman–Crippen MR) is 53.2 cm³/mol. The third kappa shape index (κ3) is 0.543. The highest BCUT2D eigenvalue weighted by Gasteiger charge is 2.85. The second kappa shape index (κ2) is 1.85. The first-order valence-corrected chi connectivity index (χ1v) is 6.29. The van der Waals surface area contributed by atoms with Crippen LogP contribution in [0.4, 0.5) is 0 Å². The van der Waals surface area contributed by atoms with E-state index in [1.54, 1.807) is 19.3 Å². The van der Waals surface area contributed by atoms with Crippen LogP contribution in [0.3, 0.4) is 0 Å². The molecule has 7 unspecified atom stereocenters. The van der Waals surface area contributed by atoms with Gasteiger partial charge in [-0.1, -0.05) is 20.3 Å². The molecule has 0 aromatic carbocycles. The fourth-order valence-corrected chi connectivity index (χ4v) is 5.91. The van der Waals surface area contributed by atoms with Gasteiger partial charge in [0.1, 0.15) is 0 Å². The van der Waals surface area contributed by atoms with Crippen LogP contribution in [0.15, 0.2) is 0 Å². The molecule has 0 heterocycles. The van der Waals surface area contributed by atoms with Crippen LogP contribution in [0, 0.1) is 40.9 Å². The first kappa shape index (κ1) is 7.31. The van der Waals surface area contributed by atoms with Crippen LogP contribution in [-0.2, 0) is 0 Å². The molecule has 0 amide bonds. The molecule has 4 saturated carbocycles. The summed E-state index contributed by atoms with van der Waals surface area (Å²) >= 11 is 0. The van der Waals surface area contributed by atoms with Crippen LogP contribution in [0.2, 0.25) is 0 Å². The molecule has 4 aliphatic carbocycles. The largest absolute Gasteiger partial charge is 0.0651 e. The zero-order chi connectivity index (χ0) is 8.79. The van der Waals surface area contributed by atoms with E-state index < -0.39 is 0 Å². The van der Waals surface area contributed by atoms with Crippen molar-refractivity contribution >= 4 is 0 Å². The van der Waals surface area contributed by atoms with E-state index in [1.165, 1.54) is 30.1 Å². The summed E-state index contributed by atoms with van der Waals surface area (Å²) in [6, 6.07) is 0. The summed E-state index contributed by atoms with van der Waals surface area (Å²) in [5, 5.41) is 0. The first-order chi connectivity index (χ1) is 6.29. The SMILES string of the molecule is CCC1CC2C3C4CC(C)C4C23C1. The first-order valence-electron chi connectivity index (χ1n) is 6.29. The third-order valence-electron chi connectivity index (χ3n) is 6.24. The van der Waals surface area contributed by atoms with Gasteiger partial charge in [-0.05, 0) is 60.2 Å². The lowest BCUT2D eigenvalue weighted by Crippen LogP contribution is -2.52. The van der Waals surface area contributed by atoms with Gasteiger partial charge in [-0.2, -0.15) is 0 Å². The highest BCUT2D eigenvalue weighted by Crippen LogP contribution is 2.90. The fourth-order valence-electron chi connectivity index (χ4n) is 5.91. The minimum Gasteiger partial charge on any atom is -0.0651 e. The van der Waals surface area contributed by atoms with Gasteiger partial charge in [0.2, 0.25) is 0 Å². The Kier molecular flexibility index (Phi) is 1.04. The average molecular weight is 176 g/mol. The van der Waals surface area contributed by atoms with E-state index in [1.807, 2.05) is 0 Å². The van der Waals surface area contributed by atoms with Crippen molar-refractivity contribution in [2.24, 2.45) is 40.9 Å². The van der Waals surface area contributed by atoms with Crippen molar-refractivity contribution in [1.82, 2.24) is 0 Å². The van der Waals surface area contributed by atoms with Gasteiger partial charge in [0.05, 0.1) is 0 Å². The van der Waals surface area contributed by atoms with Crippen LogP contribution in [0.25, 0.3) is 0 Å². The molecule has 0 radical (unpaired) electrons. The second-order valence-corrected chi connectivity index (χ2v) is 6.36. The van der Waals surface area contributed by atoms with Crippen molar-refractivity contribution < 1.29 is 0 Å². The van der Waals surface area contributed by atoms with Crippen molar-refractivity contribution in [2.45, 2.75) is 39.5 Å². The maximum Gasteiger partial charge on any atom is -0.0196 e. The van der Waals surface area contributed by atoms with Gasteiger partial charge in [-0.3, -0.25) is 0 Å². The molecule has 13 heavy (non-hydrogen) atoms. The number of rotatable bonds is 1. The lowest BCUT2D eigenvalue weighted by atomic mass is 9.47. The van der Waals surface area contributed by atoms with Crippen molar-refractivity contribution in [3.63, 3.8) is 0 Å². The summed E-state index contributed by atoms with van der Waals surface area (Å²) in [7, 11) is 0. The number of hydrogen-bond acceptors (Lipinski definition) is 0. The summed E-state index contributed by atoms with van der Waals surface area (Å²) in [6.45, 7) is 4.89. The van der Waals surface area contributed by atoms with Crippen LogP contribution in [0.5, 0.6) is 0 Å². The molecule has 4 fully saturated rings. The summed E-state index contributed by atoms with van der Waals surface area (Å²) < 4.78 is 0. The summed E-state index contributed by atoms with van der Waals surface area (Å²) in [6.07, 6.45) is 6.28. The Morgan fingerprint density at radius 3 is 2.77 bits per heavy atom. The molecule has 0 aliphatic heterocycles. The molecule has 0 aromatic rings. The Balaban J connectivity index is 1.61. The molecule has 0 saturated heterocycles. The average Bonchev–Trinajstić information content (AvgIpc) is 2.44. The monoisotopic (exact) mass is 176 g/mol. The maximum atomic E-state index is 2.50. The van der Waals surface area contributed by atoms with Gasteiger partial charge in [0, 0.05) is 0 Å². The quantitative estimate of drug-likeness (QED) is 0.575. The predicted octanol–water partition coefficient (Wildman–Crippen LogP) is 3.32. The van der Waals surface area contributed by atoms with Gasteiger partial charge < -0.3 is 0 Å². The second-order valence-electron chi connectivity index (χ2n) is 6.36. The zero-order valence-electron chi connectivity index (χ0n) is 8.79. The molecule has 7 atom stereocenters. The van der Waals surface area contributed by atoms with E-state index in [0.29, 0.717) is 0 Å². The van der Waals surface area contributed by atoms with E-state index in [-0.39, 0.29) is 0 Å². The molecule has 72 valence electrons. The van der Waals surface area contributed by atoms with Crippen LogP contribution < -0.4 is 0 Å². The Bertz CT molecular complexity index is 269. The summed E-state index contributed by atoms with van der Waals surface area (Å²) in [5.74, 6) is 7.11. The highest BCUT2D eigenvalue weighted by atomic mass is 14.9. The molecule has 4 aliphatic rings. The van der Waals surface area contributed by atoms with Crippen molar-refractivity contribution in [2.75, 3.05) is 0 Å². The highest BCUT2D eigenvalue weighted by molar-refractivity contribution is 5.32. The normalized spacial score (nSPS) is 71.5. The molecule has 0 nitrogen and oxygen atoms in total. The van der Waals surface area contributed by atoms with Crippen LogP contribution in [0.1, 0.15) is 39.5 Å². The molecule has 0 bridgehead atoms. The van der Waals surface area contributed by atoms with E-state index >= 15 is 0 Å². The molecule has 1 spiro atoms. The van der Waals surface area contributed by atoms with Crippen molar-refractivity contribution in [1.29, 1.82) is 0 Å². The van der Waals surface area contributed by atoms with Gasteiger partial charge >= 0.3 is 0 Å². The minimum absolute atomic E-state index is 0.961. The van der Waals surface area contributed by atoms with Gasteiger partial charge in [-0.15, -0.1) is 0 Å². The van der Waals surface area contributed by atoms with Crippen molar-refractivity contribution in [3.8, 4) is 0 Å². The van der Waals surface area contributed by atoms with Crippen molar-refractivity contribution in [3.05, 3.63) is 0 Å². The Hall–Kier alpha value is 0. The van der Waals surface area contributed by atoms with Gasteiger partial charge in [0.25, 0.3) is 0 Å². The maximum absolute atomic E-state index is 2.50. The van der Waals surface area contributed by atoms with Crippen LogP contribution in [-0.4, -0.2) is 0 Å². The Morgan fingerprint density at radius 2 is 2.08 bits per heavy atom. The molecule has 4 rings (SSSR count). The van der Waals surface area contributed by atoms with Gasteiger partial charge in [0.15, 0.2) is 0 Å². The molecular weight excluding hydrogens is 156 g/mol. The molecule has 0 N–H and O–H groups in total. The molecule has 0 heteroatoms. The summed E-state index contributed by atoms with van der Waals surface area (Å²) in [4.78, 5) is 0. The Labute approximate surface area is 81.1 Å². The van der Waals surface area contributed by atoms with E-state index in [2.05, 4.69) is 13.8 Å². The molecular formula is C13H20. The zero-order valence-corrected chi connectivity index (χ0v) is 8.79.